The molecule has 1 fully saturated rings. The highest BCUT2D eigenvalue weighted by atomic mass is 16.3. The number of β-amino-alcohol motifs (C(OH)–C–C–N with tert-alkyl or cyclic N) is 1. The molecule has 1 aliphatic heterocycles. The molecule has 1 atom stereocenters. The molecule has 3 rings (SSSR count). The molecule has 0 aliphatic carbocycles. The molecule has 7 nitrogen and oxygen atoms in total. The van der Waals surface area contributed by atoms with Gasteiger partial charge in [0.2, 0.25) is 5.95 Å². The first-order valence-electron chi connectivity index (χ1n) is 7.51. The van der Waals surface area contributed by atoms with E-state index in [1.807, 2.05) is 13.0 Å². The Morgan fingerprint density at radius 3 is 2.91 bits per heavy atom. The van der Waals surface area contributed by atoms with Gasteiger partial charge in [-0.15, -0.1) is 0 Å². The fourth-order valence-electron chi connectivity index (χ4n) is 2.80. The predicted molar refractivity (Wildman–Crippen MR) is 82.7 cm³/mol. The predicted octanol–water partition coefficient (Wildman–Crippen LogP) is 1.45. The average molecular weight is 300 g/mol. The number of nitrogens with zero attached hydrogens (tertiary/aromatic N) is 5. The Labute approximate surface area is 129 Å². The number of hydrogen-bond acceptors (Lipinski definition) is 7. The molecule has 3 heterocycles. The smallest absolute Gasteiger partial charge is 0.228 e. The van der Waals surface area contributed by atoms with Crippen LogP contribution >= 0.6 is 0 Å². The van der Waals surface area contributed by atoms with Gasteiger partial charge in [-0.05, 0) is 32.4 Å². The first kappa shape index (κ1) is 14.8. The van der Waals surface area contributed by atoms with Crippen LogP contribution in [0.2, 0.25) is 0 Å². The number of nitrogens with one attached hydrogen (secondary N) is 1. The van der Waals surface area contributed by atoms with Crippen LogP contribution in [-0.2, 0) is 0 Å². The van der Waals surface area contributed by atoms with E-state index in [1.165, 1.54) is 0 Å². The van der Waals surface area contributed by atoms with Crippen molar-refractivity contribution in [3.8, 4) is 0 Å². The Morgan fingerprint density at radius 2 is 2.14 bits per heavy atom. The Morgan fingerprint density at radius 1 is 1.32 bits per heavy atom. The summed E-state index contributed by atoms with van der Waals surface area (Å²) in [6.45, 7) is 3.75. The van der Waals surface area contributed by atoms with Crippen molar-refractivity contribution >= 4 is 11.8 Å². The molecule has 2 N–H and O–H groups in total. The summed E-state index contributed by atoms with van der Waals surface area (Å²) >= 11 is 0. The van der Waals surface area contributed by atoms with Gasteiger partial charge < -0.3 is 10.4 Å². The highest BCUT2D eigenvalue weighted by molar-refractivity contribution is 5.47. The van der Waals surface area contributed by atoms with Crippen LogP contribution in [0.15, 0.2) is 24.5 Å². The molecule has 116 valence electrons. The fraction of sp³-hybridized carbons (Fsp3) is 0.467. The summed E-state index contributed by atoms with van der Waals surface area (Å²) in [5.74, 6) is 2.01. The number of rotatable bonds is 5. The quantitative estimate of drug-likeness (QED) is 0.864. The molecule has 1 saturated heterocycles. The molecule has 7 heteroatoms. The summed E-state index contributed by atoms with van der Waals surface area (Å²) in [4.78, 5) is 19.7. The maximum absolute atomic E-state index is 9.18. The lowest BCUT2D eigenvalue weighted by molar-refractivity contribution is 0.181. The SMILES string of the molecule is Cc1cc(Nc2ncccn2)nc([C@@H]2CCCN2CCO)n1. The summed E-state index contributed by atoms with van der Waals surface area (Å²) in [6, 6.07) is 3.82. The van der Waals surface area contributed by atoms with Gasteiger partial charge in [0, 0.05) is 30.7 Å². The van der Waals surface area contributed by atoms with E-state index in [9.17, 15) is 5.11 Å². The lowest BCUT2D eigenvalue weighted by Crippen LogP contribution is -2.27. The average Bonchev–Trinajstić information content (AvgIpc) is 2.96. The number of anilines is 2. The third-order valence-electron chi connectivity index (χ3n) is 3.73. The maximum Gasteiger partial charge on any atom is 0.228 e. The van der Waals surface area contributed by atoms with Crippen LogP contribution < -0.4 is 5.32 Å². The zero-order valence-electron chi connectivity index (χ0n) is 12.6. The molecule has 2 aromatic heterocycles. The molecule has 2 aromatic rings. The van der Waals surface area contributed by atoms with Gasteiger partial charge >= 0.3 is 0 Å². The van der Waals surface area contributed by atoms with Crippen molar-refractivity contribution in [1.82, 2.24) is 24.8 Å². The van der Waals surface area contributed by atoms with Crippen LogP contribution in [0.25, 0.3) is 0 Å². The molecule has 22 heavy (non-hydrogen) atoms. The normalized spacial score (nSPS) is 18.5. The molecular weight excluding hydrogens is 280 g/mol. The van der Waals surface area contributed by atoms with Crippen LogP contribution in [0.3, 0.4) is 0 Å². The topological polar surface area (TPSA) is 87.1 Å². The second kappa shape index (κ2) is 6.76. The Kier molecular flexibility index (Phi) is 4.55. The maximum atomic E-state index is 9.18. The second-order valence-electron chi connectivity index (χ2n) is 5.37. The van der Waals surface area contributed by atoms with Gasteiger partial charge in [0.1, 0.15) is 11.6 Å². The lowest BCUT2D eigenvalue weighted by atomic mass is 10.2. The van der Waals surface area contributed by atoms with Gasteiger partial charge in [-0.3, -0.25) is 4.90 Å². The van der Waals surface area contributed by atoms with Crippen LogP contribution in [0.1, 0.15) is 30.4 Å². The van der Waals surface area contributed by atoms with Gasteiger partial charge in [0.25, 0.3) is 0 Å². The van der Waals surface area contributed by atoms with Crippen molar-refractivity contribution in [2.45, 2.75) is 25.8 Å². The van der Waals surface area contributed by atoms with Gasteiger partial charge in [0.15, 0.2) is 0 Å². The van der Waals surface area contributed by atoms with E-state index in [0.29, 0.717) is 18.3 Å². The second-order valence-corrected chi connectivity index (χ2v) is 5.37. The minimum absolute atomic E-state index is 0.158. The van der Waals surface area contributed by atoms with E-state index in [1.54, 1.807) is 18.5 Å². The van der Waals surface area contributed by atoms with Crippen molar-refractivity contribution < 1.29 is 5.11 Å². The minimum Gasteiger partial charge on any atom is -0.395 e. The number of aromatic nitrogens is 4. The zero-order valence-corrected chi connectivity index (χ0v) is 12.6. The number of aliphatic hydroxyl groups is 1. The zero-order chi connectivity index (χ0) is 15.4. The summed E-state index contributed by atoms with van der Waals surface area (Å²) in [6.07, 6.45) is 5.49. The molecule has 1 aliphatic rings. The van der Waals surface area contributed by atoms with Crippen molar-refractivity contribution in [2.24, 2.45) is 0 Å². The van der Waals surface area contributed by atoms with Crippen molar-refractivity contribution in [3.63, 3.8) is 0 Å². The van der Waals surface area contributed by atoms with E-state index < -0.39 is 0 Å². The van der Waals surface area contributed by atoms with E-state index in [4.69, 9.17) is 0 Å². The number of aryl methyl sites for hydroxylation is 1. The van der Waals surface area contributed by atoms with E-state index in [2.05, 4.69) is 30.2 Å². The fourth-order valence-corrected chi connectivity index (χ4v) is 2.80. The summed E-state index contributed by atoms with van der Waals surface area (Å²) in [5, 5.41) is 12.3. The lowest BCUT2D eigenvalue weighted by Gasteiger charge is -2.22. The molecular formula is C15H20N6O. The summed E-state index contributed by atoms with van der Waals surface area (Å²) in [5.41, 5.74) is 0.902. The van der Waals surface area contributed by atoms with Crippen LogP contribution in [-0.4, -0.2) is 49.6 Å². The molecule has 0 aromatic carbocycles. The Balaban J connectivity index is 1.83. The van der Waals surface area contributed by atoms with Crippen molar-refractivity contribution in [2.75, 3.05) is 25.0 Å². The van der Waals surface area contributed by atoms with E-state index in [0.717, 1.165) is 30.9 Å². The van der Waals surface area contributed by atoms with Crippen molar-refractivity contribution in [3.05, 3.63) is 36.0 Å². The Hall–Kier alpha value is -2.12. The van der Waals surface area contributed by atoms with Crippen LogP contribution in [0.4, 0.5) is 11.8 Å². The highest BCUT2D eigenvalue weighted by Gasteiger charge is 2.28. The largest absolute Gasteiger partial charge is 0.395 e. The van der Waals surface area contributed by atoms with Crippen molar-refractivity contribution in [1.29, 1.82) is 0 Å². The number of aliphatic hydroxyl groups excluding tert-OH is 1. The number of hydrogen-bond donors (Lipinski definition) is 2. The third-order valence-corrected chi connectivity index (χ3v) is 3.73. The van der Waals surface area contributed by atoms with Gasteiger partial charge in [0.05, 0.1) is 12.6 Å². The number of likely N-dealkylation sites (tertiary alicyclic amines) is 1. The summed E-state index contributed by atoms with van der Waals surface area (Å²) in [7, 11) is 0. The molecule has 0 amide bonds. The molecule has 0 saturated carbocycles. The van der Waals surface area contributed by atoms with Gasteiger partial charge in [-0.1, -0.05) is 0 Å². The molecule has 0 unspecified atom stereocenters. The monoisotopic (exact) mass is 300 g/mol. The van der Waals surface area contributed by atoms with Crippen LogP contribution in [0.5, 0.6) is 0 Å². The molecule has 0 radical (unpaired) electrons. The molecule has 0 spiro atoms. The molecule has 0 bridgehead atoms. The first-order chi connectivity index (χ1) is 10.8. The summed E-state index contributed by atoms with van der Waals surface area (Å²) < 4.78 is 0. The standard InChI is InChI=1S/C15H20N6O/c1-11-10-13(20-15-16-5-3-6-17-15)19-14(18-11)12-4-2-7-21(12)8-9-22/h3,5-6,10,12,22H,2,4,7-9H2,1H3,(H,16,17,18,19,20)/t12-/m0/s1. The minimum atomic E-state index is 0.158. The van der Waals surface area contributed by atoms with Crippen LogP contribution in [0, 0.1) is 6.92 Å². The Bertz CT molecular complexity index is 621. The third kappa shape index (κ3) is 3.37. The van der Waals surface area contributed by atoms with E-state index in [-0.39, 0.29) is 12.6 Å². The van der Waals surface area contributed by atoms with Gasteiger partial charge in [-0.2, -0.15) is 0 Å². The van der Waals surface area contributed by atoms with Gasteiger partial charge in [-0.25, -0.2) is 19.9 Å². The highest BCUT2D eigenvalue weighted by Crippen LogP contribution is 2.30. The first-order valence-corrected chi connectivity index (χ1v) is 7.51. The van der Waals surface area contributed by atoms with E-state index >= 15 is 0 Å².